The summed E-state index contributed by atoms with van der Waals surface area (Å²) in [5.41, 5.74) is 6.43. The second-order valence-corrected chi connectivity index (χ2v) is 3.46. The highest BCUT2D eigenvalue weighted by atomic mass is 79.9. The fourth-order valence-corrected chi connectivity index (χ4v) is 1.18. The van der Waals surface area contributed by atoms with E-state index in [1.807, 2.05) is 6.92 Å². The molecule has 14 heavy (non-hydrogen) atoms. The molecule has 0 unspecified atom stereocenters. The third kappa shape index (κ3) is 1.46. The van der Waals surface area contributed by atoms with Gasteiger partial charge in [-0.15, -0.1) is 0 Å². The zero-order valence-corrected chi connectivity index (χ0v) is 8.91. The molecule has 2 rings (SSSR count). The Hall–Kier alpha value is -1.50. The lowest BCUT2D eigenvalue weighted by Gasteiger charge is -2.02. The molecule has 0 aromatic carbocycles. The smallest absolute Gasteiger partial charge is 0.199 e. The average molecular weight is 255 g/mol. The second kappa shape index (κ2) is 3.33. The molecule has 0 fully saturated rings. The number of nitrogens with two attached hydrogens (primary N) is 1. The van der Waals surface area contributed by atoms with Crippen LogP contribution in [-0.4, -0.2) is 25.1 Å². The van der Waals surface area contributed by atoms with Crippen molar-refractivity contribution in [1.29, 1.82) is 0 Å². The van der Waals surface area contributed by atoms with Gasteiger partial charge in [0.05, 0.1) is 10.2 Å². The molecule has 0 saturated carbocycles. The maximum atomic E-state index is 5.67. The number of aromatic nitrogens is 5. The van der Waals surface area contributed by atoms with Gasteiger partial charge in [-0.3, -0.25) is 5.10 Å². The van der Waals surface area contributed by atoms with Crippen LogP contribution >= 0.6 is 15.9 Å². The number of aryl methyl sites for hydroxylation is 1. The van der Waals surface area contributed by atoms with Crippen LogP contribution in [0.3, 0.4) is 0 Å². The lowest BCUT2D eigenvalue weighted by atomic mass is 10.4. The number of H-pyrrole nitrogens is 1. The van der Waals surface area contributed by atoms with Gasteiger partial charge in [-0.05, 0) is 22.9 Å². The topological polar surface area (TPSA) is 93.4 Å². The molecule has 0 bridgehead atoms. The molecule has 0 radical (unpaired) electrons. The fourth-order valence-electron chi connectivity index (χ4n) is 1.00. The Balaban J connectivity index is 2.57. The standard InChI is InChI=1S/C7H7BrN6/c1-3-4(8)5(9)13-7(12-3)6-10-2-11-14-6/h2H,1H3,(H2,9,12,13)(H,10,11,14). The van der Waals surface area contributed by atoms with E-state index in [9.17, 15) is 0 Å². The molecule has 2 aromatic heterocycles. The minimum Gasteiger partial charge on any atom is -0.383 e. The van der Waals surface area contributed by atoms with Crippen LogP contribution in [0.15, 0.2) is 10.8 Å². The molecule has 2 heterocycles. The van der Waals surface area contributed by atoms with E-state index in [1.165, 1.54) is 6.33 Å². The van der Waals surface area contributed by atoms with Crippen LogP contribution in [0, 0.1) is 6.92 Å². The first-order valence-corrected chi connectivity index (χ1v) is 4.63. The number of hydrogen-bond donors (Lipinski definition) is 2. The molecular weight excluding hydrogens is 248 g/mol. The Labute approximate surface area is 88.1 Å². The van der Waals surface area contributed by atoms with Gasteiger partial charge in [-0.1, -0.05) is 0 Å². The van der Waals surface area contributed by atoms with E-state index >= 15 is 0 Å². The molecule has 0 aliphatic heterocycles. The van der Waals surface area contributed by atoms with Gasteiger partial charge in [0.15, 0.2) is 11.6 Å². The first kappa shape index (κ1) is 9.07. The zero-order valence-electron chi connectivity index (χ0n) is 7.32. The van der Waals surface area contributed by atoms with Crippen molar-refractivity contribution in [3.8, 4) is 11.6 Å². The molecule has 72 valence electrons. The quantitative estimate of drug-likeness (QED) is 0.790. The van der Waals surface area contributed by atoms with Crippen LogP contribution in [0.1, 0.15) is 5.69 Å². The van der Waals surface area contributed by atoms with Crippen LogP contribution in [-0.2, 0) is 0 Å². The summed E-state index contributed by atoms with van der Waals surface area (Å²) in [7, 11) is 0. The van der Waals surface area contributed by atoms with E-state index in [2.05, 4.69) is 41.1 Å². The van der Waals surface area contributed by atoms with E-state index in [-0.39, 0.29) is 0 Å². The van der Waals surface area contributed by atoms with Crippen molar-refractivity contribution >= 4 is 21.7 Å². The number of anilines is 1. The number of aromatic amines is 1. The summed E-state index contributed by atoms with van der Waals surface area (Å²) < 4.78 is 0.709. The number of nitrogen functional groups attached to an aromatic ring is 1. The summed E-state index contributed by atoms with van der Waals surface area (Å²) in [6, 6.07) is 0. The highest BCUT2D eigenvalue weighted by Crippen LogP contribution is 2.22. The van der Waals surface area contributed by atoms with Crippen molar-refractivity contribution < 1.29 is 0 Å². The number of rotatable bonds is 1. The SMILES string of the molecule is Cc1nc(-c2ncn[nH]2)nc(N)c1Br. The first-order chi connectivity index (χ1) is 6.68. The van der Waals surface area contributed by atoms with Crippen LogP contribution in [0.4, 0.5) is 5.82 Å². The molecule has 0 aliphatic carbocycles. The molecule has 0 amide bonds. The monoisotopic (exact) mass is 254 g/mol. The highest BCUT2D eigenvalue weighted by molar-refractivity contribution is 9.10. The third-order valence-electron chi connectivity index (χ3n) is 1.67. The summed E-state index contributed by atoms with van der Waals surface area (Å²) in [5.74, 6) is 1.34. The van der Waals surface area contributed by atoms with Crippen molar-refractivity contribution in [2.45, 2.75) is 6.92 Å². The Bertz CT molecular complexity index is 428. The van der Waals surface area contributed by atoms with Gasteiger partial charge >= 0.3 is 0 Å². The number of nitrogens with one attached hydrogen (secondary N) is 1. The zero-order chi connectivity index (χ0) is 10.1. The van der Waals surface area contributed by atoms with Crippen molar-refractivity contribution in [2.75, 3.05) is 5.73 Å². The van der Waals surface area contributed by atoms with Crippen molar-refractivity contribution in [3.05, 3.63) is 16.5 Å². The lowest BCUT2D eigenvalue weighted by molar-refractivity contribution is 1.04. The van der Waals surface area contributed by atoms with Crippen LogP contribution < -0.4 is 5.73 Å². The Morgan fingerprint density at radius 3 is 2.79 bits per heavy atom. The molecule has 7 heteroatoms. The van der Waals surface area contributed by atoms with E-state index in [0.29, 0.717) is 21.9 Å². The van der Waals surface area contributed by atoms with Crippen molar-refractivity contribution in [1.82, 2.24) is 25.1 Å². The second-order valence-electron chi connectivity index (χ2n) is 2.67. The van der Waals surface area contributed by atoms with Crippen LogP contribution in [0.25, 0.3) is 11.6 Å². The van der Waals surface area contributed by atoms with Gasteiger partial charge in [-0.25, -0.2) is 15.0 Å². The molecule has 0 spiro atoms. The molecular formula is C7H7BrN6. The van der Waals surface area contributed by atoms with Crippen LogP contribution in [0.5, 0.6) is 0 Å². The minimum atomic E-state index is 0.393. The summed E-state index contributed by atoms with van der Waals surface area (Å²) in [5, 5.41) is 6.38. The van der Waals surface area contributed by atoms with Gasteiger partial charge in [-0.2, -0.15) is 5.10 Å². The van der Waals surface area contributed by atoms with E-state index < -0.39 is 0 Å². The molecule has 0 saturated heterocycles. The van der Waals surface area contributed by atoms with Gasteiger partial charge in [0, 0.05) is 0 Å². The van der Waals surface area contributed by atoms with Gasteiger partial charge in [0.1, 0.15) is 12.1 Å². The van der Waals surface area contributed by atoms with Crippen LogP contribution in [0.2, 0.25) is 0 Å². The number of hydrogen-bond acceptors (Lipinski definition) is 5. The maximum Gasteiger partial charge on any atom is 0.199 e. The van der Waals surface area contributed by atoms with Gasteiger partial charge in [0.25, 0.3) is 0 Å². The molecule has 0 atom stereocenters. The predicted molar refractivity (Wildman–Crippen MR) is 54.3 cm³/mol. The minimum absolute atomic E-state index is 0.393. The highest BCUT2D eigenvalue weighted by Gasteiger charge is 2.09. The third-order valence-corrected chi connectivity index (χ3v) is 2.65. The predicted octanol–water partition coefficient (Wildman–Crippen LogP) is 0.915. The van der Waals surface area contributed by atoms with Gasteiger partial charge in [0.2, 0.25) is 0 Å². The van der Waals surface area contributed by atoms with Gasteiger partial charge < -0.3 is 5.73 Å². The summed E-state index contributed by atoms with van der Waals surface area (Å²) in [4.78, 5) is 12.2. The van der Waals surface area contributed by atoms with E-state index in [0.717, 1.165) is 5.69 Å². The molecule has 3 N–H and O–H groups in total. The molecule has 0 aliphatic rings. The Morgan fingerprint density at radius 2 is 2.21 bits per heavy atom. The Morgan fingerprint density at radius 1 is 1.43 bits per heavy atom. The first-order valence-electron chi connectivity index (χ1n) is 3.84. The summed E-state index contributed by atoms with van der Waals surface area (Å²) in [6.45, 7) is 1.84. The maximum absolute atomic E-state index is 5.67. The van der Waals surface area contributed by atoms with Crippen molar-refractivity contribution in [2.24, 2.45) is 0 Å². The number of halogens is 1. The summed E-state index contributed by atoms with van der Waals surface area (Å²) in [6.07, 6.45) is 1.40. The normalized spacial score (nSPS) is 10.4. The number of nitrogens with zero attached hydrogens (tertiary/aromatic N) is 4. The van der Waals surface area contributed by atoms with Crippen molar-refractivity contribution in [3.63, 3.8) is 0 Å². The fraction of sp³-hybridized carbons (Fsp3) is 0.143. The average Bonchev–Trinajstić information content (AvgIpc) is 2.66. The Kier molecular flexibility index (Phi) is 2.16. The largest absolute Gasteiger partial charge is 0.383 e. The molecule has 6 nitrogen and oxygen atoms in total. The summed E-state index contributed by atoms with van der Waals surface area (Å²) >= 11 is 3.28. The van der Waals surface area contributed by atoms with E-state index in [1.54, 1.807) is 0 Å². The van der Waals surface area contributed by atoms with E-state index in [4.69, 9.17) is 5.73 Å². The molecule has 2 aromatic rings. The lowest BCUT2D eigenvalue weighted by Crippen LogP contribution is -2.00.